The van der Waals surface area contributed by atoms with Crippen LogP contribution >= 0.6 is 0 Å². The molecule has 0 radical (unpaired) electrons. The summed E-state index contributed by atoms with van der Waals surface area (Å²) >= 11 is 0. The van der Waals surface area contributed by atoms with Crippen molar-refractivity contribution >= 4 is 10.8 Å². The number of hydrogen-bond acceptors (Lipinski definition) is 0. The van der Waals surface area contributed by atoms with E-state index in [1.54, 1.807) is 0 Å². The molecule has 100 valence electrons. The van der Waals surface area contributed by atoms with E-state index in [1.807, 2.05) is 12.2 Å². The average molecular weight is 348 g/mol. The molecule has 0 amide bonds. The van der Waals surface area contributed by atoms with E-state index in [-0.39, 0.29) is 26.2 Å². The van der Waals surface area contributed by atoms with E-state index in [1.165, 1.54) is 21.9 Å². The van der Waals surface area contributed by atoms with Gasteiger partial charge in [-0.25, -0.2) is 12.2 Å². The van der Waals surface area contributed by atoms with E-state index in [9.17, 15) is 0 Å². The first-order valence-corrected chi connectivity index (χ1v) is 6.87. The average Bonchev–Trinajstić information content (AvgIpc) is 3.21. The fourth-order valence-corrected chi connectivity index (χ4v) is 2.36. The topological polar surface area (TPSA) is 0 Å². The number of rotatable bonds is 1. The standard InChI is InChI=1S/C15H11.C5H5.Zr/c1-2-6-12(7-3-1)15-11-10-13-8-4-5-9-14(13)15;1-2-4-5-3-1;/h1-11H;1-3H,4H2;/q2*-1;+2. The molecule has 0 aliphatic heterocycles. The third kappa shape index (κ3) is 3.96. The van der Waals surface area contributed by atoms with Gasteiger partial charge in [-0.3, -0.25) is 6.08 Å². The molecule has 0 unspecified atom stereocenters. The Morgan fingerprint density at radius 1 is 0.857 bits per heavy atom. The van der Waals surface area contributed by atoms with Crippen molar-refractivity contribution < 1.29 is 26.2 Å². The molecule has 0 fully saturated rings. The summed E-state index contributed by atoms with van der Waals surface area (Å²) in [6, 6.07) is 23.4. The van der Waals surface area contributed by atoms with Gasteiger partial charge in [0.15, 0.2) is 0 Å². The molecule has 0 spiro atoms. The molecule has 0 saturated heterocycles. The van der Waals surface area contributed by atoms with Crippen LogP contribution in [0.3, 0.4) is 0 Å². The summed E-state index contributed by atoms with van der Waals surface area (Å²) in [4.78, 5) is 0. The Kier molecular flexibility index (Phi) is 6.02. The summed E-state index contributed by atoms with van der Waals surface area (Å²) in [5.41, 5.74) is 2.62. The van der Waals surface area contributed by atoms with Crippen molar-refractivity contribution in [3.63, 3.8) is 0 Å². The van der Waals surface area contributed by atoms with Gasteiger partial charge in [0.05, 0.1) is 0 Å². The van der Waals surface area contributed by atoms with Crippen LogP contribution in [0, 0.1) is 6.08 Å². The molecule has 0 aromatic heterocycles. The van der Waals surface area contributed by atoms with E-state index in [2.05, 4.69) is 78.9 Å². The third-order valence-corrected chi connectivity index (χ3v) is 3.35. The van der Waals surface area contributed by atoms with Crippen LogP contribution in [0.5, 0.6) is 0 Å². The van der Waals surface area contributed by atoms with Crippen LogP contribution < -0.4 is 0 Å². The van der Waals surface area contributed by atoms with E-state index in [0.717, 1.165) is 6.42 Å². The van der Waals surface area contributed by atoms with E-state index in [0.29, 0.717) is 0 Å². The van der Waals surface area contributed by atoms with Gasteiger partial charge in [0.2, 0.25) is 0 Å². The molecule has 21 heavy (non-hydrogen) atoms. The first-order chi connectivity index (χ1) is 9.95. The maximum absolute atomic E-state index is 2.99. The van der Waals surface area contributed by atoms with E-state index in [4.69, 9.17) is 0 Å². The van der Waals surface area contributed by atoms with Crippen molar-refractivity contribution in [3.05, 3.63) is 91.0 Å². The Balaban J connectivity index is 0.000000231. The van der Waals surface area contributed by atoms with Crippen LogP contribution in [0.1, 0.15) is 6.42 Å². The van der Waals surface area contributed by atoms with Crippen molar-refractivity contribution in [2.45, 2.75) is 6.42 Å². The van der Waals surface area contributed by atoms with Gasteiger partial charge >= 0.3 is 26.2 Å². The van der Waals surface area contributed by atoms with Gasteiger partial charge in [-0.2, -0.15) is 6.08 Å². The maximum atomic E-state index is 2.99. The quantitative estimate of drug-likeness (QED) is 0.508. The van der Waals surface area contributed by atoms with Gasteiger partial charge in [-0.15, -0.1) is 42.3 Å². The van der Waals surface area contributed by atoms with Crippen molar-refractivity contribution in [1.82, 2.24) is 0 Å². The molecule has 3 aromatic carbocycles. The zero-order chi connectivity index (χ0) is 13.6. The monoisotopic (exact) mass is 346 g/mol. The zero-order valence-corrected chi connectivity index (χ0v) is 14.2. The molecule has 0 nitrogen and oxygen atoms in total. The van der Waals surface area contributed by atoms with Crippen LogP contribution in [0.4, 0.5) is 0 Å². The molecular formula is C20H16Zr. The second-order valence-electron chi connectivity index (χ2n) is 4.70. The number of benzene rings is 2. The normalized spacial score (nSPS) is 11.8. The second kappa shape index (κ2) is 8.00. The Morgan fingerprint density at radius 3 is 2.29 bits per heavy atom. The minimum atomic E-state index is 0. The van der Waals surface area contributed by atoms with Crippen LogP contribution in [0.15, 0.2) is 85.0 Å². The summed E-state index contributed by atoms with van der Waals surface area (Å²) in [6.45, 7) is 0. The van der Waals surface area contributed by atoms with Crippen LogP contribution in [-0.2, 0) is 26.2 Å². The molecule has 4 rings (SSSR count). The Hall–Kier alpha value is -1.59. The van der Waals surface area contributed by atoms with Crippen molar-refractivity contribution in [1.29, 1.82) is 0 Å². The third-order valence-electron chi connectivity index (χ3n) is 3.35. The number of allylic oxidation sites excluding steroid dienone is 4. The van der Waals surface area contributed by atoms with Gasteiger partial charge in [0, 0.05) is 0 Å². The van der Waals surface area contributed by atoms with Crippen molar-refractivity contribution in [3.8, 4) is 11.1 Å². The molecule has 0 N–H and O–H groups in total. The Morgan fingerprint density at radius 2 is 1.62 bits per heavy atom. The molecule has 1 aliphatic rings. The molecule has 1 heteroatoms. The largest absolute Gasteiger partial charge is 2.00 e. The molecule has 0 bridgehead atoms. The van der Waals surface area contributed by atoms with Gasteiger partial charge in [0.25, 0.3) is 0 Å². The first kappa shape index (κ1) is 15.8. The molecule has 3 aromatic rings. The molecule has 0 atom stereocenters. The predicted molar refractivity (Wildman–Crippen MR) is 86.5 cm³/mol. The SMILES string of the molecule is [C-]1=CC=CC1.[Zr+2].c1ccc(-[c-]2ccc3ccccc32)cc1. The van der Waals surface area contributed by atoms with Gasteiger partial charge in [0.1, 0.15) is 0 Å². The molecule has 0 heterocycles. The second-order valence-corrected chi connectivity index (χ2v) is 4.70. The summed E-state index contributed by atoms with van der Waals surface area (Å²) in [6.07, 6.45) is 10.0. The van der Waals surface area contributed by atoms with Crippen LogP contribution in [0.2, 0.25) is 0 Å². The summed E-state index contributed by atoms with van der Waals surface area (Å²) in [5, 5.41) is 2.65. The van der Waals surface area contributed by atoms with E-state index >= 15 is 0 Å². The van der Waals surface area contributed by atoms with Crippen LogP contribution in [0.25, 0.3) is 21.9 Å². The summed E-state index contributed by atoms with van der Waals surface area (Å²) < 4.78 is 0. The zero-order valence-electron chi connectivity index (χ0n) is 11.8. The minimum Gasteiger partial charge on any atom is -0.273 e. The first-order valence-electron chi connectivity index (χ1n) is 6.87. The smallest absolute Gasteiger partial charge is 0.273 e. The van der Waals surface area contributed by atoms with Crippen molar-refractivity contribution in [2.75, 3.05) is 0 Å². The molecule has 1 aliphatic carbocycles. The van der Waals surface area contributed by atoms with Gasteiger partial charge in [-0.05, 0) is 0 Å². The predicted octanol–water partition coefficient (Wildman–Crippen LogP) is 5.53. The Labute approximate surface area is 145 Å². The van der Waals surface area contributed by atoms with E-state index < -0.39 is 0 Å². The number of hydrogen-bond donors (Lipinski definition) is 0. The maximum Gasteiger partial charge on any atom is 2.00 e. The van der Waals surface area contributed by atoms with Gasteiger partial charge < -0.3 is 0 Å². The fourth-order valence-electron chi connectivity index (χ4n) is 2.36. The van der Waals surface area contributed by atoms with Crippen LogP contribution in [-0.4, -0.2) is 0 Å². The number of fused-ring (bicyclic) bond motifs is 1. The Bertz CT molecular complexity index is 723. The molecular weight excluding hydrogens is 331 g/mol. The van der Waals surface area contributed by atoms with Crippen molar-refractivity contribution in [2.24, 2.45) is 0 Å². The summed E-state index contributed by atoms with van der Waals surface area (Å²) in [7, 11) is 0. The van der Waals surface area contributed by atoms with Gasteiger partial charge in [-0.1, -0.05) is 52.7 Å². The fraction of sp³-hybridized carbons (Fsp3) is 0.0500. The summed E-state index contributed by atoms with van der Waals surface area (Å²) in [5.74, 6) is 0. The minimum absolute atomic E-state index is 0. The molecule has 0 saturated carbocycles.